The van der Waals surface area contributed by atoms with Crippen molar-refractivity contribution < 1.29 is 18.0 Å². The fraction of sp³-hybridized carbons (Fsp3) is 0.500. The van der Waals surface area contributed by atoms with Gasteiger partial charge >= 0.3 is 6.18 Å². The van der Waals surface area contributed by atoms with E-state index in [-0.39, 0.29) is 25.4 Å². The average Bonchev–Trinajstić information content (AvgIpc) is 2.42. The highest BCUT2D eigenvalue weighted by molar-refractivity contribution is 5.90. The Kier molecular flexibility index (Phi) is 6.64. The van der Waals surface area contributed by atoms with Gasteiger partial charge in [0, 0.05) is 31.7 Å². The maximum atomic E-state index is 12.1. The Labute approximate surface area is 122 Å². The van der Waals surface area contributed by atoms with Crippen LogP contribution >= 0.6 is 0 Å². The molecule has 0 saturated carbocycles. The molecule has 0 bridgehead atoms. The highest BCUT2D eigenvalue weighted by Gasteiger charge is 2.27. The van der Waals surface area contributed by atoms with Crippen molar-refractivity contribution in [3.05, 3.63) is 29.8 Å². The van der Waals surface area contributed by atoms with E-state index >= 15 is 0 Å². The summed E-state index contributed by atoms with van der Waals surface area (Å²) in [5.41, 5.74) is 7.04. The third kappa shape index (κ3) is 7.67. The number of rotatable bonds is 7. The average molecular weight is 303 g/mol. The standard InChI is InChI=1S/C14H20F3N3O/c1-20(8-6-14(15,16)17)7-5-13(21)19-12-4-2-3-11(9-12)10-18/h2-4,9H,5-8,10,18H2,1H3,(H,19,21). The van der Waals surface area contributed by atoms with Crippen LogP contribution in [0, 0.1) is 0 Å². The Hall–Kier alpha value is -1.60. The molecular formula is C14H20F3N3O. The summed E-state index contributed by atoms with van der Waals surface area (Å²) >= 11 is 0. The van der Waals surface area contributed by atoms with Crippen molar-refractivity contribution >= 4 is 11.6 Å². The van der Waals surface area contributed by atoms with Gasteiger partial charge in [-0.25, -0.2) is 0 Å². The predicted molar refractivity (Wildman–Crippen MR) is 75.7 cm³/mol. The van der Waals surface area contributed by atoms with Gasteiger partial charge in [0.2, 0.25) is 5.91 Å². The molecule has 0 aliphatic carbocycles. The van der Waals surface area contributed by atoms with Gasteiger partial charge in [-0.3, -0.25) is 4.79 Å². The Morgan fingerprint density at radius 2 is 2.05 bits per heavy atom. The molecule has 7 heteroatoms. The summed E-state index contributed by atoms with van der Waals surface area (Å²) in [5, 5.41) is 2.70. The van der Waals surface area contributed by atoms with Crippen molar-refractivity contribution in [1.29, 1.82) is 0 Å². The number of alkyl halides is 3. The smallest absolute Gasteiger partial charge is 0.326 e. The number of benzene rings is 1. The minimum absolute atomic E-state index is 0.112. The maximum Gasteiger partial charge on any atom is 0.390 e. The van der Waals surface area contributed by atoms with Gasteiger partial charge in [0.1, 0.15) is 0 Å². The summed E-state index contributed by atoms with van der Waals surface area (Å²) in [7, 11) is 1.56. The minimum Gasteiger partial charge on any atom is -0.326 e. The molecule has 0 atom stereocenters. The first-order chi connectivity index (χ1) is 9.80. The van der Waals surface area contributed by atoms with Crippen LogP contribution in [0.5, 0.6) is 0 Å². The van der Waals surface area contributed by atoms with Gasteiger partial charge in [-0.05, 0) is 24.7 Å². The largest absolute Gasteiger partial charge is 0.390 e. The van der Waals surface area contributed by atoms with Crippen LogP contribution in [0.4, 0.5) is 18.9 Å². The second-order valence-electron chi connectivity index (χ2n) is 4.87. The lowest BCUT2D eigenvalue weighted by Crippen LogP contribution is -2.28. The Bertz CT molecular complexity index is 463. The van der Waals surface area contributed by atoms with Crippen LogP contribution in [0.2, 0.25) is 0 Å². The number of anilines is 1. The number of nitrogens with one attached hydrogen (secondary N) is 1. The lowest BCUT2D eigenvalue weighted by molar-refractivity contribution is -0.137. The summed E-state index contributed by atoms with van der Waals surface area (Å²) in [5.74, 6) is -0.233. The van der Waals surface area contributed by atoms with Gasteiger partial charge in [-0.1, -0.05) is 12.1 Å². The highest BCUT2D eigenvalue weighted by Crippen LogP contribution is 2.19. The first-order valence-corrected chi connectivity index (χ1v) is 6.64. The van der Waals surface area contributed by atoms with Gasteiger partial charge in [0.25, 0.3) is 0 Å². The fourth-order valence-corrected chi connectivity index (χ4v) is 1.72. The number of nitrogens with two attached hydrogens (primary N) is 1. The van der Waals surface area contributed by atoms with Crippen molar-refractivity contribution in [2.75, 3.05) is 25.5 Å². The zero-order valence-electron chi connectivity index (χ0n) is 11.9. The minimum atomic E-state index is -4.17. The number of nitrogens with zero attached hydrogens (tertiary/aromatic N) is 1. The summed E-state index contributed by atoms with van der Waals surface area (Å²) in [6, 6.07) is 7.14. The normalized spacial score (nSPS) is 11.7. The summed E-state index contributed by atoms with van der Waals surface area (Å²) in [4.78, 5) is 13.2. The van der Waals surface area contributed by atoms with E-state index in [0.717, 1.165) is 5.56 Å². The van der Waals surface area contributed by atoms with E-state index in [1.807, 2.05) is 6.07 Å². The van der Waals surface area contributed by atoms with E-state index in [1.54, 1.807) is 25.2 Å². The molecule has 118 valence electrons. The van der Waals surface area contributed by atoms with Crippen LogP contribution in [-0.4, -0.2) is 37.1 Å². The van der Waals surface area contributed by atoms with Gasteiger partial charge in [-0.2, -0.15) is 13.2 Å². The van der Waals surface area contributed by atoms with Crippen LogP contribution in [0.15, 0.2) is 24.3 Å². The van der Waals surface area contributed by atoms with Crippen molar-refractivity contribution in [3.63, 3.8) is 0 Å². The van der Waals surface area contributed by atoms with Crippen LogP contribution < -0.4 is 11.1 Å². The number of amides is 1. The summed E-state index contributed by atoms with van der Waals surface area (Å²) in [6.07, 6.45) is -4.90. The lowest BCUT2D eigenvalue weighted by Gasteiger charge is -2.17. The fourth-order valence-electron chi connectivity index (χ4n) is 1.72. The SMILES string of the molecule is CN(CCC(=O)Nc1cccc(CN)c1)CCC(F)(F)F. The third-order valence-corrected chi connectivity index (χ3v) is 2.94. The molecule has 0 radical (unpaired) electrons. The van der Waals surface area contributed by atoms with Gasteiger partial charge in [0.15, 0.2) is 0 Å². The van der Waals surface area contributed by atoms with E-state index in [4.69, 9.17) is 5.73 Å². The molecule has 1 rings (SSSR count). The van der Waals surface area contributed by atoms with E-state index in [2.05, 4.69) is 5.32 Å². The molecule has 0 saturated heterocycles. The van der Waals surface area contributed by atoms with Crippen molar-refractivity contribution in [2.24, 2.45) is 5.73 Å². The van der Waals surface area contributed by atoms with Gasteiger partial charge < -0.3 is 16.0 Å². The molecule has 0 aliphatic rings. The zero-order chi connectivity index (χ0) is 15.9. The Balaban J connectivity index is 2.33. The van der Waals surface area contributed by atoms with Crippen LogP contribution in [0.1, 0.15) is 18.4 Å². The third-order valence-electron chi connectivity index (χ3n) is 2.94. The molecular weight excluding hydrogens is 283 g/mol. The van der Waals surface area contributed by atoms with E-state index < -0.39 is 12.6 Å². The summed E-state index contributed by atoms with van der Waals surface area (Å²) < 4.78 is 36.2. The van der Waals surface area contributed by atoms with E-state index in [9.17, 15) is 18.0 Å². The monoisotopic (exact) mass is 303 g/mol. The molecule has 0 aromatic heterocycles. The molecule has 0 unspecified atom stereocenters. The second-order valence-corrected chi connectivity index (χ2v) is 4.87. The van der Waals surface area contributed by atoms with Crippen LogP contribution in [0.3, 0.4) is 0 Å². The van der Waals surface area contributed by atoms with Crippen molar-refractivity contribution in [2.45, 2.75) is 25.6 Å². The van der Waals surface area contributed by atoms with E-state index in [0.29, 0.717) is 12.2 Å². The molecule has 1 aromatic rings. The van der Waals surface area contributed by atoms with Crippen LogP contribution in [0.25, 0.3) is 0 Å². The maximum absolute atomic E-state index is 12.1. The number of hydrogen-bond acceptors (Lipinski definition) is 3. The molecule has 4 nitrogen and oxygen atoms in total. The quantitative estimate of drug-likeness (QED) is 0.813. The predicted octanol–water partition coefficient (Wildman–Crippen LogP) is 2.36. The zero-order valence-corrected chi connectivity index (χ0v) is 11.9. The Morgan fingerprint density at radius 1 is 1.33 bits per heavy atom. The topological polar surface area (TPSA) is 58.4 Å². The van der Waals surface area contributed by atoms with Crippen molar-refractivity contribution in [3.8, 4) is 0 Å². The highest BCUT2D eigenvalue weighted by atomic mass is 19.4. The van der Waals surface area contributed by atoms with Gasteiger partial charge in [0.05, 0.1) is 6.42 Å². The second kappa shape index (κ2) is 7.99. The molecule has 0 heterocycles. The van der Waals surface area contributed by atoms with E-state index in [1.165, 1.54) is 4.90 Å². The molecule has 1 aromatic carbocycles. The lowest BCUT2D eigenvalue weighted by atomic mass is 10.2. The first-order valence-electron chi connectivity index (χ1n) is 6.64. The Morgan fingerprint density at radius 3 is 2.67 bits per heavy atom. The molecule has 21 heavy (non-hydrogen) atoms. The molecule has 0 spiro atoms. The van der Waals surface area contributed by atoms with Gasteiger partial charge in [-0.15, -0.1) is 0 Å². The number of carbonyl (C=O) groups is 1. The first kappa shape index (κ1) is 17.5. The van der Waals surface area contributed by atoms with Crippen molar-refractivity contribution in [1.82, 2.24) is 4.90 Å². The molecule has 0 aliphatic heterocycles. The van der Waals surface area contributed by atoms with Crippen LogP contribution in [-0.2, 0) is 11.3 Å². The number of hydrogen-bond donors (Lipinski definition) is 2. The molecule has 1 amide bonds. The number of halogens is 3. The molecule has 0 fully saturated rings. The number of carbonyl (C=O) groups excluding carboxylic acids is 1. The summed E-state index contributed by atoms with van der Waals surface area (Å²) in [6.45, 7) is 0.543. The molecule has 3 N–H and O–H groups in total.